The zero-order valence-corrected chi connectivity index (χ0v) is 13.0. The summed E-state index contributed by atoms with van der Waals surface area (Å²) in [7, 11) is 1.58. The summed E-state index contributed by atoms with van der Waals surface area (Å²) in [4.78, 5) is 11.8. The van der Waals surface area contributed by atoms with Gasteiger partial charge >= 0.3 is 6.01 Å². The minimum absolute atomic E-state index is 0.0366. The first kappa shape index (κ1) is 15.0. The highest BCUT2D eigenvalue weighted by Gasteiger charge is 2.12. The molecule has 0 atom stereocenters. The molecule has 118 valence electrons. The summed E-state index contributed by atoms with van der Waals surface area (Å²) in [5.74, 6) is 1.25. The zero-order valence-electron chi connectivity index (χ0n) is 12.2. The monoisotopic (exact) mass is 331 g/mol. The fourth-order valence-corrected chi connectivity index (χ4v) is 2.38. The molecule has 0 saturated carbocycles. The topological polar surface area (TPSA) is 86.5 Å². The number of hydrogen-bond donors (Lipinski definition) is 1. The van der Waals surface area contributed by atoms with Crippen molar-refractivity contribution in [3.05, 3.63) is 41.1 Å². The molecule has 0 fully saturated rings. The molecule has 3 rings (SSSR count). The summed E-state index contributed by atoms with van der Waals surface area (Å²) in [6, 6.07) is 8.82. The largest absolute Gasteiger partial charge is 0.497 e. The minimum atomic E-state index is -0.388. The van der Waals surface area contributed by atoms with E-state index in [9.17, 15) is 4.79 Å². The van der Waals surface area contributed by atoms with Gasteiger partial charge in [-0.05, 0) is 35.7 Å². The van der Waals surface area contributed by atoms with E-state index < -0.39 is 0 Å². The molecule has 0 radical (unpaired) electrons. The Bertz CT molecular complexity index is 768. The van der Waals surface area contributed by atoms with Gasteiger partial charge in [0, 0.05) is 10.9 Å². The third kappa shape index (κ3) is 3.86. The van der Waals surface area contributed by atoms with Crippen LogP contribution in [0.4, 0.5) is 6.01 Å². The molecule has 23 heavy (non-hydrogen) atoms. The number of nitrogens with one attached hydrogen (secondary N) is 1. The predicted molar refractivity (Wildman–Crippen MR) is 84.7 cm³/mol. The molecule has 1 aromatic carbocycles. The van der Waals surface area contributed by atoms with Crippen molar-refractivity contribution < 1.29 is 18.7 Å². The summed E-state index contributed by atoms with van der Waals surface area (Å²) >= 11 is 1.52. The maximum absolute atomic E-state index is 11.8. The summed E-state index contributed by atoms with van der Waals surface area (Å²) in [5, 5.41) is 13.9. The van der Waals surface area contributed by atoms with Crippen LogP contribution < -0.4 is 14.8 Å². The van der Waals surface area contributed by atoms with E-state index in [1.807, 2.05) is 16.8 Å². The fourth-order valence-electron chi connectivity index (χ4n) is 1.75. The van der Waals surface area contributed by atoms with Crippen LogP contribution in [0.2, 0.25) is 0 Å². The van der Waals surface area contributed by atoms with Crippen molar-refractivity contribution in [2.24, 2.45) is 0 Å². The van der Waals surface area contributed by atoms with Gasteiger partial charge in [-0.25, -0.2) is 0 Å². The molecule has 2 aromatic heterocycles. The molecule has 1 amide bonds. The van der Waals surface area contributed by atoms with Gasteiger partial charge in [0.1, 0.15) is 11.5 Å². The molecule has 1 N–H and O–H groups in total. The van der Waals surface area contributed by atoms with Crippen LogP contribution >= 0.6 is 11.3 Å². The predicted octanol–water partition coefficient (Wildman–Crippen LogP) is 2.82. The third-order valence-electron chi connectivity index (χ3n) is 2.87. The first-order valence-electron chi connectivity index (χ1n) is 6.67. The Labute approximate surface area is 135 Å². The fraction of sp³-hybridized carbons (Fsp3) is 0.133. The number of nitrogens with zero attached hydrogens (tertiary/aromatic N) is 2. The van der Waals surface area contributed by atoms with Gasteiger partial charge in [-0.3, -0.25) is 10.1 Å². The van der Waals surface area contributed by atoms with Crippen LogP contribution in [0.3, 0.4) is 0 Å². The second kappa shape index (κ2) is 6.93. The molecule has 0 aliphatic rings. The van der Waals surface area contributed by atoms with Crippen LogP contribution in [0.1, 0.15) is 0 Å². The average Bonchev–Trinajstić information content (AvgIpc) is 3.24. The molecular weight excluding hydrogens is 318 g/mol. The van der Waals surface area contributed by atoms with Crippen molar-refractivity contribution in [2.75, 3.05) is 19.0 Å². The lowest BCUT2D eigenvalue weighted by Gasteiger charge is -2.06. The normalized spacial score (nSPS) is 10.3. The SMILES string of the molecule is COc1ccc(OCC(=O)Nc2nnc(-c3ccsc3)o2)cc1. The van der Waals surface area contributed by atoms with Crippen LogP contribution in [0.25, 0.3) is 11.5 Å². The van der Waals surface area contributed by atoms with Gasteiger partial charge in [0.05, 0.1) is 7.11 Å². The van der Waals surface area contributed by atoms with E-state index in [0.717, 1.165) is 5.56 Å². The lowest BCUT2D eigenvalue weighted by Crippen LogP contribution is -2.20. The van der Waals surface area contributed by atoms with Crippen molar-refractivity contribution in [3.8, 4) is 23.0 Å². The van der Waals surface area contributed by atoms with E-state index in [2.05, 4.69) is 15.5 Å². The minimum Gasteiger partial charge on any atom is -0.497 e. The van der Waals surface area contributed by atoms with E-state index in [1.165, 1.54) is 11.3 Å². The first-order valence-corrected chi connectivity index (χ1v) is 7.61. The molecule has 0 aliphatic carbocycles. The van der Waals surface area contributed by atoms with Crippen LogP contribution in [-0.2, 0) is 4.79 Å². The number of aromatic nitrogens is 2. The number of rotatable bonds is 6. The Morgan fingerprint density at radius 1 is 1.22 bits per heavy atom. The van der Waals surface area contributed by atoms with Crippen LogP contribution in [0.15, 0.2) is 45.5 Å². The first-order chi connectivity index (χ1) is 11.2. The Hall–Kier alpha value is -2.87. The Kier molecular flexibility index (Phi) is 4.53. The molecule has 0 aliphatic heterocycles. The number of methoxy groups -OCH3 is 1. The Morgan fingerprint density at radius 2 is 2.00 bits per heavy atom. The second-order valence-electron chi connectivity index (χ2n) is 4.44. The van der Waals surface area contributed by atoms with Crippen molar-refractivity contribution in [2.45, 2.75) is 0 Å². The number of ether oxygens (including phenoxy) is 2. The number of thiophene rings is 1. The van der Waals surface area contributed by atoms with Crippen molar-refractivity contribution >= 4 is 23.3 Å². The Balaban J connectivity index is 1.53. The highest BCUT2D eigenvalue weighted by Crippen LogP contribution is 2.22. The quantitative estimate of drug-likeness (QED) is 0.747. The summed E-state index contributed by atoms with van der Waals surface area (Å²) in [6.45, 7) is -0.164. The number of amides is 1. The lowest BCUT2D eigenvalue weighted by molar-refractivity contribution is -0.118. The standard InChI is InChI=1S/C15H13N3O4S/c1-20-11-2-4-12(5-3-11)21-8-13(19)16-15-18-17-14(22-15)10-6-7-23-9-10/h2-7,9H,8H2,1H3,(H,16,18,19). The molecule has 8 heteroatoms. The number of hydrogen-bond acceptors (Lipinski definition) is 7. The van der Waals surface area contributed by atoms with E-state index in [4.69, 9.17) is 13.9 Å². The number of benzene rings is 1. The lowest BCUT2D eigenvalue weighted by atomic mass is 10.3. The van der Waals surface area contributed by atoms with E-state index in [1.54, 1.807) is 31.4 Å². The number of carbonyl (C=O) groups excluding carboxylic acids is 1. The van der Waals surface area contributed by atoms with Crippen molar-refractivity contribution in [1.82, 2.24) is 10.2 Å². The number of anilines is 1. The zero-order chi connectivity index (χ0) is 16.1. The summed E-state index contributed by atoms with van der Waals surface area (Å²) in [5.41, 5.74) is 0.817. The van der Waals surface area contributed by atoms with Gasteiger partial charge in [0.25, 0.3) is 11.8 Å². The van der Waals surface area contributed by atoms with Gasteiger partial charge in [0.2, 0.25) is 0 Å². The summed E-state index contributed by atoms with van der Waals surface area (Å²) < 4.78 is 15.8. The molecular formula is C15H13N3O4S. The van der Waals surface area contributed by atoms with Crippen molar-refractivity contribution in [3.63, 3.8) is 0 Å². The van der Waals surface area contributed by atoms with Crippen LogP contribution in [0.5, 0.6) is 11.5 Å². The maximum atomic E-state index is 11.8. The van der Waals surface area contributed by atoms with Crippen LogP contribution in [0, 0.1) is 0 Å². The van der Waals surface area contributed by atoms with Crippen molar-refractivity contribution in [1.29, 1.82) is 0 Å². The van der Waals surface area contributed by atoms with Gasteiger partial charge in [-0.2, -0.15) is 11.3 Å². The van der Waals surface area contributed by atoms with E-state index in [-0.39, 0.29) is 18.5 Å². The number of carbonyl (C=O) groups is 1. The third-order valence-corrected chi connectivity index (χ3v) is 3.55. The van der Waals surface area contributed by atoms with Crippen LogP contribution in [-0.4, -0.2) is 29.8 Å². The smallest absolute Gasteiger partial charge is 0.322 e. The molecule has 2 heterocycles. The highest BCUT2D eigenvalue weighted by molar-refractivity contribution is 7.08. The Morgan fingerprint density at radius 3 is 2.70 bits per heavy atom. The average molecular weight is 331 g/mol. The van der Waals surface area contributed by atoms with Gasteiger partial charge in [-0.1, -0.05) is 5.10 Å². The molecule has 0 spiro atoms. The second-order valence-corrected chi connectivity index (χ2v) is 5.22. The molecule has 3 aromatic rings. The summed E-state index contributed by atoms with van der Waals surface area (Å²) in [6.07, 6.45) is 0. The molecule has 0 unspecified atom stereocenters. The van der Waals surface area contributed by atoms with Gasteiger partial charge in [-0.15, -0.1) is 5.10 Å². The van der Waals surface area contributed by atoms with E-state index >= 15 is 0 Å². The maximum Gasteiger partial charge on any atom is 0.322 e. The van der Waals surface area contributed by atoms with Gasteiger partial charge < -0.3 is 13.9 Å². The van der Waals surface area contributed by atoms with Gasteiger partial charge in [0.15, 0.2) is 6.61 Å². The van der Waals surface area contributed by atoms with E-state index in [0.29, 0.717) is 17.4 Å². The molecule has 0 bridgehead atoms. The molecule has 7 nitrogen and oxygen atoms in total. The highest BCUT2D eigenvalue weighted by atomic mass is 32.1. The molecule has 0 saturated heterocycles.